The highest BCUT2D eigenvalue weighted by molar-refractivity contribution is 5.99. The van der Waals surface area contributed by atoms with E-state index in [4.69, 9.17) is 4.74 Å². The second-order valence-electron chi connectivity index (χ2n) is 6.83. The second-order valence-corrected chi connectivity index (χ2v) is 6.83. The summed E-state index contributed by atoms with van der Waals surface area (Å²) in [5, 5.41) is 9.13. The molecule has 1 heterocycles. The van der Waals surface area contributed by atoms with Gasteiger partial charge in [-0.3, -0.25) is 9.59 Å². The molecule has 1 aromatic rings. The van der Waals surface area contributed by atoms with Gasteiger partial charge in [-0.05, 0) is 49.9 Å². The molecule has 1 saturated heterocycles. The molecule has 0 aliphatic carbocycles. The van der Waals surface area contributed by atoms with Crippen LogP contribution in [0.4, 0.5) is 0 Å². The number of hydrogen-bond acceptors (Lipinski definition) is 4. The van der Waals surface area contributed by atoms with E-state index in [1.807, 2.05) is 13.8 Å². The zero-order valence-corrected chi connectivity index (χ0v) is 16.5. The van der Waals surface area contributed by atoms with Crippen LogP contribution < -0.4 is 20.7 Å². The number of amides is 2. The number of para-hydroxylation sites is 1. The van der Waals surface area contributed by atoms with Gasteiger partial charge in [0, 0.05) is 6.54 Å². The van der Waals surface area contributed by atoms with E-state index in [1.165, 1.54) is 7.11 Å². The van der Waals surface area contributed by atoms with Crippen LogP contribution >= 0.6 is 12.4 Å². The molecule has 2 atom stereocenters. The molecular weight excluding hydrogens is 354 g/mol. The topological polar surface area (TPSA) is 79.5 Å². The van der Waals surface area contributed by atoms with Gasteiger partial charge in [-0.2, -0.15) is 0 Å². The fourth-order valence-corrected chi connectivity index (χ4v) is 3.06. The number of nitrogens with one attached hydrogen (secondary N) is 3. The van der Waals surface area contributed by atoms with Crippen LogP contribution in [0.15, 0.2) is 24.3 Å². The molecule has 1 aromatic carbocycles. The highest BCUT2D eigenvalue weighted by atomic mass is 35.5. The van der Waals surface area contributed by atoms with Gasteiger partial charge in [-0.1, -0.05) is 26.0 Å². The fraction of sp³-hybridized carbons (Fsp3) is 0.579. The van der Waals surface area contributed by atoms with Gasteiger partial charge in [0.15, 0.2) is 0 Å². The standard InChI is InChI=1S/C19H29N3O3.ClH/c1-13(2)17(19(24)21-11-9-14-8-10-20-12-14)22-18(23)15-6-4-5-7-16(15)25-3;/h4-7,13-14,17,20H,8-12H2,1-3H3,(H,21,24)(H,22,23);1H. The lowest BCUT2D eigenvalue weighted by atomic mass is 10.0. The number of carbonyl (C=O) groups is 2. The van der Waals surface area contributed by atoms with Crippen molar-refractivity contribution in [2.75, 3.05) is 26.7 Å². The maximum Gasteiger partial charge on any atom is 0.255 e. The van der Waals surface area contributed by atoms with Crippen molar-refractivity contribution in [2.45, 2.75) is 32.7 Å². The lowest BCUT2D eigenvalue weighted by Gasteiger charge is -2.22. The van der Waals surface area contributed by atoms with Crippen LogP contribution in [0.2, 0.25) is 0 Å². The van der Waals surface area contributed by atoms with Gasteiger partial charge in [0.1, 0.15) is 11.8 Å². The van der Waals surface area contributed by atoms with Crippen molar-refractivity contribution < 1.29 is 14.3 Å². The van der Waals surface area contributed by atoms with Gasteiger partial charge in [0.2, 0.25) is 5.91 Å². The molecule has 1 aliphatic heterocycles. The molecule has 146 valence electrons. The van der Waals surface area contributed by atoms with Crippen LogP contribution in [-0.4, -0.2) is 44.6 Å². The molecule has 0 aromatic heterocycles. The normalized spacial score (nSPS) is 17.3. The van der Waals surface area contributed by atoms with Crippen molar-refractivity contribution in [3.05, 3.63) is 29.8 Å². The Labute approximate surface area is 161 Å². The summed E-state index contributed by atoms with van der Waals surface area (Å²) in [5.74, 6) is 0.680. The molecule has 2 amide bonds. The number of benzene rings is 1. The molecule has 0 bridgehead atoms. The number of carbonyl (C=O) groups excluding carboxylic acids is 2. The van der Waals surface area contributed by atoms with E-state index in [1.54, 1.807) is 24.3 Å². The van der Waals surface area contributed by atoms with Crippen molar-refractivity contribution in [1.82, 2.24) is 16.0 Å². The summed E-state index contributed by atoms with van der Waals surface area (Å²) >= 11 is 0. The Kier molecular flexibility index (Phi) is 9.44. The van der Waals surface area contributed by atoms with Gasteiger partial charge in [0.05, 0.1) is 12.7 Å². The Bertz CT molecular complexity index is 589. The first kappa shape index (κ1) is 22.3. The van der Waals surface area contributed by atoms with Crippen LogP contribution in [0.5, 0.6) is 5.75 Å². The van der Waals surface area contributed by atoms with E-state index < -0.39 is 6.04 Å². The quantitative estimate of drug-likeness (QED) is 0.641. The summed E-state index contributed by atoms with van der Waals surface area (Å²) in [4.78, 5) is 25.1. The SMILES string of the molecule is COc1ccccc1C(=O)NC(C(=O)NCCC1CCNC1)C(C)C.Cl. The number of rotatable bonds is 8. The van der Waals surface area contributed by atoms with Crippen molar-refractivity contribution in [3.63, 3.8) is 0 Å². The summed E-state index contributed by atoms with van der Waals surface area (Å²) < 4.78 is 5.22. The van der Waals surface area contributed by atoms with E-state index in [0.717, 1.165) is 25.9 Å². The minimum atomic E-state index is -0.570. The van der Waals surface area contributed by atoms with E-state index in [0.29, 0.717) is 23.8 Å². The van der Waals surface area contributed by atoms with E-state index in [2.05, 4.69) is 16.0 Å². The smallest absolute Gasteiger partial charge is 0.255 e. The van der Waals surface area contributed by atoms with Crippen molar-refractivity contribution in [3.8, 4) is 5.75 Å². The zero-order chi connectivity index (χ0) is 18.2. The Balaban J connectivity index is 0.00000338. The van der Waals surface area contributed by atoms with Gasteiger partial charge in [-0.15, -0.1) is 12.4 Å². The highest BCUT2D eigenvalue weighted by Crippen LogP contribution is 2.17. The van der Waals surface area contributed by atoms with Crippen LogP contribution in [-0.2, 0) is 4.79 Å². The summed E-state index contributed by atoms with van der Waals surface area (Å²) in [6, 6.07) is 6.43. The van der Waals surface area contributed by atoms with Gasteiger partial charge >= 0.3 is 0 Å². The molecule has 2 unspecified atom stereocenters. The van der Waals surface area contributed by atoms with Crippen LogP contribution in [0.3, 0.4) is 0 Å². The Morgan fingerprint density at radius 3 is 2.65 bits per heavy atom. The first-order valence-electron chi connectivity index (χ1n) is 8.95. The minimum absolute atomic E-state index is 0. The third-order valence-electron chi connectivity index (χ3n) is 4.60. The summed E-state index contributed by atoms with van der Waals surface area (Å²) in [5.41, 5.74) is 0.431. The summed E-state index contributed by atoms with van der Waals surface area (Å²) in [6.45, 7) is 6.57. The van der Waals surface area contributed by atoms with Crippen molar-refractivity contribution in [1.29, 1.82) is 0 Å². The molecule has 1 aliphatic rings. The maximum absolute atomic E-state index is 12.5. The molecular formula is C19H30ClN3O3. The average molecular weight is 384 g/mol. The molecule has 2 rings (SSSR count). The predicted molar refractivity (Wildman–Crippen MR) is 105 cm³/mol. The number of halogens is 1. The van der Waals surface area contributed by atoms with Gasteiger partial charge < -0.3 is 20.7 Å². The third kappa shape index (κ3) is 6.18. The fourth-order valence-electron chi connectivity index (χ4n) is 3.06. The Morgan fingerprint density at radius 1 is 1.31 bits per heavy atom. The van der Waals surface area contributed by atoms with Crippen LogP contribution in [0.25, 0.3) is 0 Å². The zero-order valence-electron chi connectivity index (χ0n) is 15.7. The molecule has 0 radical (unpaired) electrons. The first-order chi connectivity index (χ1) is 12.0. The maximum atomic E-state index is 12.5. The van der Waals surface area contributed by atoms with Crippen LogP contribution in [0.1, 0.15) is 37.0 Å². The lowest BCUT2D eigenvalue weighted by Crippen LogP contribution is -2.50. The lowest BCUT2D eigenvalue weighted by molar-refractivity contribution is -0.123. The molecule has 3 N–H and O–H groups in total. The predicted octanol–water partition coefficient (Wildman–Crippen LogP) is 1.99. The van der Waals surface area contributed by atoms with Crippen LogP contribution in [0, 0.1) is 11.8 Å². The highest BCUT2D eigenvalue weighted by Gasteiger charge is 2.26. The van der Waals surface area contributed by atoms with Crippen molar-refractivity contribution in [2.24, 2.45) is 11.8 Å². The second kappa shape index (κ2) is 11.0. The monoisotopic (exact) mass is 383 g/mol. The Hall–Kier alpha value is -1.79. The minimum Gasteiger partial charge on any atom is -0.496 e. The van der Waals surface area contributed by atoms with E-state index in [9.17, 15) is 9.59 Å². The molecule has 6 nitrogen and oxygen atoms in total. The number of methoxy groups -OCH3 is 1. The van der Waals surface area contributed by atoms with Gasteiger partial charge in [-0.25, -0.2) is 0 Å². The largest absolute Gasteiger partial charge is 0.496 e. The summed E-state index contributed by atoms with van der Waals surface area (Å²) in [6.07, 6.45) is 2.12. The molecule has 1 fully saturated rings. The number of hydrogen-bond donors (Lipinski definition) is 3. The summed E-state index contributed by atoms with van der Waals surface area (Å²) in [7, 11) is 1.52. The van der Waals surface area contributed by atoms with Gasteiger partial charge in [0.25, 0.3) is 5.91 Å². The molecule has 7 heteroatoms. The first-order valence-corrected chi connectivity index (χ1v) is 8.95. The van der Waals surface area contributed by atoms with E-state index in [-0.39, 0.29) is 30.1 Å². The van der Waals surface area contributed by atoms with E-state index >= 15 is 0 Å². The molecule has 0 saturated carbocycles. The molecule has 0 spiro atoms. The molecule has 26 heavy (non-hydrogen) atoms. The Morgan fingerprint density at radius 2 is 2.04 bits per heavy atom. The van der Waals surface area contributed by atoms with Crippen molar-refractivity contribution >= 4 is 24.2 Å². The average Bonchev–Trinajstić information content (AvgIpc) is 3.12. The number of ether oxygens (including phenoxy) is 1. The third-order valence-corrected chi connectivity index (χ3v) is 4.60.